The number of alkyl carbamates (subject to hydrolysis) is 1. The molecule has 10 nitrogen and oxygen atoms in total. The summed E-state index contributed by atoms with van der Waals surface area (Å²) in [5.41, 5.74) is -0.0266. The Balaban J connectivity index is 0.000000604. The van der Waals surface area contributed by atoms with E-state index < -0.39 is 33.6 Å². The van der Waals surface area contributed by atoms with Crippen LogP contribution in [0.3, 0.4) is 0 Å². The molecule has 2 aromatic carbocycles. The number of sulfonamides is 1. The largest absolute Gasteiger partial charge is 0.489 e. The van der Waals surface area contributed by atoms with Gasteiger partial charge in [-0.05, 0) is 63.2 Å². The number of rotatable bonds is 3. The lowest BCUT2D eigenvalue weighted by atomic mass is 10.2. The van der Waals surface area contributed by atoms with Crippen LogP contribution >= 0.6 is 0 Å². The summed E-state index contributed by atoms with van der Waals surface area (Å²) in [6.07, 6.45) is -1.06. The number of carbonyl (C=O) groups excluding carboxylic acids is 2. The third-order valence-electron chi connectivity index (χ3n) is 4.22. The van der Waals surface area contributed by atoms with Crippen LogP contribution in [0.2, 0.25) is 0 Å². The fourth-order valence-corrected chi connectivity index (χ4v) is 4.23. The smallest absolute Gasteiger partial charge is 0.412 e. The number of ether oxygens (including phenoxy) is 3. The van der Waals surface area contributed by atoms with E-state index in [4.69, 9.17) is 9.47 Å². The predicted octanol–water partition coefficient (Wildman–Crippen LogP) is 3.73. The topological polar surface area (TPSA) is 123 Å². The number of fused-ring (bicyclic) bond motifs is 1. The molecule has 2 aromatic rings. The number of hydrogen-bond acceptors (Lipinski definition) is 7. The van der Waals surface area contributed by atoms with Crippen molar-refractivity contribution in [1.29, 1.82) is 0 Å². The SMILES string of the molecule is CC(C)(C)OC(=O)Nc1ccc2c(c1)N(S(=O)(=O)c1ccc(F)cc1)CCO2.CNC(=O)OC. The van der Waals surface area contributed by atoms with E-state index in [0.29, 0.717) is 11.4 Å². The molecule has 34 heavy (non-hydrogen) atoms. The van der Waals surface area contributed by atoms with E-state index in [1.807, 2.05) is 0 Å². The lowest BCUT2D eigenvalue weighted by Crippen LogP contribution is -2.38. The fourth-order valence-electron chi connectivity index (χ4n) is 2.78. The molecule has 0 aliphatic carbocycles. The standard InChI is InChI=1S/C19H21FN2O5S.C3H7NO2/c1-19(2,3)27-18(23)21-14-6-9-17-16(12-14)22(10-11-26-17)28(24,25)15-7-4-13(20)5-8-15;1-4-3(5)6-2/h4-9,12H,10-11H2,1-3H3,(H,21,23);1-2H3,(H,4,5). The second-order valence-electron chi connectivity index (χ2n) is 7.93. The average Bonchev–Trinajstić information content (AvgIpc) is 2.77. The zero-order valence-corrected chi connectivity index (χ0v) is 20.4. The molecule has 3 rings (SSSR count). The molecule has 0 atom stereocenters. The van der Waals surface area contributed by atoms with Crippen LogP contribution in [-0.4, -0.2) is 53.5 Å². The summed E-state index contributed by atoms with van der Waals surface area (Å²) in [5.74, 6) is -0.156. The van der Waals surface area contributed by atoms with Gasteiger partial charge in [-0.1, -0.05) is 0 Å². The first-order chi connectivity index (χ1) is 15.9. The molecule has 186 valence electrons. The molecule has 0 bridgehead atoms. The molecule has 12 heteroatoms. The average molecular weight is 498 g/mol. The summed E-state index contributed by atoms with van der Waals surface area (Å²) in [6.45, 7) is 5.48. The summed E-state index contributed by atoms with van der Waals surface area (Å²) < 4.78 is 55.3. The maximum Gasteiger partial charge on any atom is 0.412 e. The number of nitrogens with zero attached hydrogens (tertiary/aromatic N) is 1. The van der Waals surface area contributed by atoms with Crippen molar-refractivity contribution in [3.63, 3.8) is 0 Å². The van der Waals surface area contributed by atoms with Crippen LogP contribution in [0.25, 0.3) is 0 Å². The van der Waals surface area contributed by atoms with Crippen LogP contribution < -0.4 is 19.7 Å². The second-order valence-corrected chi connectivity index (χ2v) is 9.79. The molecular weight excluding hydrogens is 469 g/mol. The first-order valence-electron chi connectivity index (χ1n) is 10.2. The van der Waals surface area contributed by atoms with Crippen LogP contribution in [-0.2, 0) is 19.5 Å². The van der Waals surface area contributed by atoms with E-state index in [0.717, 1.165) is 12.1 Å². The fraction of sp³-hybridized carbons (Fsp3) is 0.364. The molecule has 0 spiro atoms. The first-order valence-corrected chi connectivity index (χ1v) is 11.6. The Morgan fingerprint density at radius 2 is 1.74 bits per heavy atom. The van der Waals surface area contributed by atoms with E-state index >= 15 is 0 Å². The molecule has 1 aliphatic rings. The molecule has 0 saturated carbocycles. The minimum Gasteiger partial charge on any atom is -0.489 e. The number of anilines is 2. The number of nitrogens with one attached hydrogen (secondary N) is 2. The highest BCUT2D eigenvalue weighted by molar-refractivity contribution is 7.92. The molecule has 0 fully saturated rings. The van der Waals surface area contributed by atoms with Gasteiger partial charge >= 0.3 is 12.2 Å². The van der Waals surface area contributed by atoms with Gasteiger partial charge in [0.2, 0.25) is 0 Å². The predicted molar refractivity (Wildman–Crippen MR) is 124 cm³/mol. The molecule has 1 heterocycles. The Kier molecular flexibility index (Phi) is 8.68. The highest BCUT2D eigenvalue weighted by Gasteiger charge is 2.30. The number of halogens is 1. The van der Waals surface area contributed by atoms with E-state index in [1.54, 1.807) is 32.9 Å². The van der Waals surface area contributed by atoms with Crippen molar-refractivity contribution in [3.05, 3.63) is 48.3 Å². The molecular formula is C22H28FN3O7S. The Morgan fingerprint density at radius 3 is 2.26 bits per heavy atom. The van der Waals surface area contributed by atoms with Crippen LogP contribution in [0.15, 0.2) is 47.4 Å². The van der Waals surface area contributed by atoms with Crippen molar-refractivity contribution in [3.8, 4) is 5.75 Å². The van der Waals surface area contributed by atoms with Crippen molar-refractivity contribution in [2.24, 2.45) is 0 Å². The van der Waals surface area contributed by atoms with Crippen molar-refractivity contribution < 1.29 is 36.6 Å². The first kappa shape index (κ1) is 26.7. The van der Waals surface area contributed by atoms with E-state index in [-0.39, 0.29) is 23.7 Å². The molecule has 2 N–H and O–H groups in total. The highest BCUT2D eigenvalue weighted by Crippen LogP contribution is 2.37. The molecule has 0 aromatic heterocycles. The van der Waals surface area contributed by atoms with Gasteiger partial charge in [-0.2, -0.15) is 0 Å². The Labute approximate surface area is 198 Å². The highest BCUT2D eigenvalue weighted by atomic mass is 32.2. The molecule has 0 unspecified atom stereocenters. The summed E-state index contributed by atoms with van der Waals surface area (Å²) in [6, 6.07) is 9.28. The Bertz CT molecular complexity index is 1110. The van der Waals surface area contributed by atoms with Gasteiger partial charge in [0.1, 0.15) is 23.8 Å². The second kappa shape index (κ2) is 11.1. The normalized spacial score (nSPS) is 12.8. The molecule has 0 saturated heterocycles. The van der Waals surface area contributed by atoms with Crippen molar-refractivity contribution >= 4 is 33.6 Å². The molecule has 2 amide bonds. The van der Waals surface area contributed by atoms with Crippen LogP contribution in [0, 0.1) is 5.82 Å². The summed E-state index contributed by atoms with van der Waals surface area (Å²) in [4.78, 5) is 21.8. The van der Waals surface area contributed by atoms with Crippen molar-refractivity contribution in [2.75, 3.05) is 36.9 Å². The summed E-state index contributed by atoms with van der Waals surface area (Å²) in [7, 11) is -1.10. The Morgan fingerprint density at radius 1 is 1.09 bits per heavy atom. The molecule has 1 aliphatic heterocycles. The van der Waals surface area contributed by atoms with Crippen LogP contribution in [0.4, 0.5) is 25.4 Å². The maximum atomic E-state index is 13.2. The van der Waals surface area contributed by atoms with Gasteiger partial charge in [0, 0.05) is 12.7 Å². The number of methoxy groups -OCH3 is 1. The number of carbonyl (C=O) groups is 2. The van der Waals surface area contributed by atoms with Gasteiger partial charge in [0.15, 0.2) is 0 Å². The van der Waals surface area contributed by atoms with Gasteiger partial charge in [0.05, 0.1) is 24.2 Å². The monoisotopic (exact) mass is 497 g/mol. The third-order valence-corrected chi connectivity index (χ3v) is 6.04. The zero-order valence-electron chi connectivity index (χ0n) is 19.5. The lowest BCUT2D eigenvalue weighted by Gasteiger charge is -2.31. The third kappa shape index (κ3) is 7.24. The van der Waals surface area contributed by atoms with Gasteiger partial charge in [0.25, 0.3) is 10.0 Å². The lowest BCUT2D eigenvalue weighted by molar-refractivity contribution is 0.0636. The van der Waals surface area contributed by atoms with Gasteiger partial charge in [-0.15, -0.1) is 0 Å². The molecule has 0 radical (unpaired) electrons. The van der Waals surface area contributed by atoms with Gasteiger partial charge in [-0.25, -0.2) is 22.4 Å². The van der Waals surface area contributed by atoms with Crippen LogP contribution in [0.1, 0.15) is 20.8 Å². The van der Waals surface area contributed by atoms with Crippen LogP contribution in [0.5, 0.6) is 5.75 Å². The van der Waals surface area contributed by atoms with E-state index in [2.05, 4.69) is 15.4 Å². The number of benzene rings is 2. The van der Waals surface area contributed by atoms with E-state index in [9.17, 15) is 22.4 Å². The quantitative estimate of drug-likeness (QED) is 0.662. The minimum absolute atomic E-state index is 0.0349. The number of amides is 2. The van der Waals surface area contributed by atoms with Gasteiger partial charge < -0.3 is 19.5 Å². The van der Waals surface area contributed by atoms with Crippen molar-refractivity contribution in [2.45, 2.75) is 31.3 Å². The van der Waals surface area contributed by atoms with Gasteiger partial charge in [-0.3, -0.25) is 9.62 Å². The van der Waals surface area contributed by atoms with Crippen molar-refractivity contribution in [1.82, 2.24) is 5.32 Å². The summed E-state index contributed by atoms with van der Waals surface area (Å²) >= 11 is 0. The van der Waals surface area contributed by atoms with E-state index in [1.165, 1.54) is 36.7 Å². The zero-order chi connectivity index (χ0) is 25.5. The summed E-state index contributed by atoms with van der Waals surface area (Å²) in [5, 5.41) is 4.83. The minimum atomic E-state index is -3.92. The number of hydrogen-bond donors (Lipinski definition) is 2. The Hall–Kier alpha value is -3.54. The maximum absolute atomic E-state index is 13.2.